The first-order valence-electron chi connectivity index (χ1n) is 7.50. The summed E-state index contributed by atoms with van der Waals surface area (Å²) in [5, 5.41) is 4.58. The van der Waals surface area contributed by atoms with E-state index in [1.165, 1.54) is 10.2 Å². The molecule has 20 heavy (non-hydrogen) atoms. The molecule has 0 atom stereocenters. The Morgan fingerprint density at radius 2 is 1.75 bits per heavy atom. The Kier molecular flexibility index (Phi) is 4.92. The molecule has 0 radical (unpaired) electrons. The maximum Gasteiger partial charge on any atom is 0.0767 e. The fourth-order valence-electron chi connectivity index (χ4n) is 2.78. The second kappa shape index (κ2) is 6.16. The maximum absolute atomic E-state index is 4.58. The normalized spacial score (nSPS) is 18.7. The van der Waals surface area contributed by atoms with Crippen molar-refractivity contribution in [2.45, 2.75) is 46.2 Å². The summed E-state index contributed by atoms with van der Waals surface area (Å²) in [5.41, 5.74) is 2.75. The summed E-state index contributed by atoms with van der Waals surface area (Å²) in [4.78, 5) is 5.10. The summed E-state index contributed by atoms with van der Waals surface area (Å²) in [6.07, 6.45) is 0.978. The van der Waals surface area contributed by atoms with Gasteiger partial charge in [-0.05, 0) is 43.1 Å². The summed E-state index contributed by atoms with van der Waals surface area (Å²) in [6, 6.07) is 0. The Balaban J connectivity index is 1.98. The number of halogens is 1. The molecule has 1 fully saturated rings. The van der Waals surface area contributed by atoms with Gasteiger partial charge in [0.25, 0.3) is 0 Å². The standard InChI is InChI=1S/C15H27BrN4/c1-6-12-14(16)13(18(5)17-12)11-19-7-9-20(10-8-19)15(2,3)4/h6-11H2,1-5H3. The van der Waals surface area contributed by atoms with Gasteiger partial charge in [0.2, 0.25) is 0 Å². The van der Waals surface area contributed by atoms with Crippen molar-refractivity contribution < 1.29 is 0 Å². The van der Waals surface area contributed by atoms with Crippen LogP contribution in [-0.4, -0.2) is 51.3 Å². The molecule has 0 N–H and O–H groups in total. The Bertz CT molecular complexity index is 453. The highest BCUT2D eigenvalue weighted by atomic mass is 79.9. The minimum atomic E-state index is 0.286. The zero-order valence-corrected chi connectivity index (χ0v) is 15.0. The van der Waals surface area contributed by atoms with Gasteiger partial charge in [-0.15, -0.1) is 0 Å². The molecule has 114 valence electrons. The zero-order valence-electron chi connectivity index (χ0n) is 13.4. The maximum atomic E-state index is 4.58. The van der Waals surface area contributed by atoms with Crippen molar-refractivity contribution in [2.75, 3.05) is 26.2 Å². The van der Waals surface area contributed by atoms with Crippen molar-refractivity contribution in [3.05, 3.63) is 15.9 Å². The quantitative estimate of drug-likeness (QED) is 0.843. The Morgan fingerprint density at radius 1 is 1.15 bits per heavy atom. The van der Waals surface area contributed by atoms with Crippen molar-refractivity contribution >= 4 is 15.9 Å². The van der Waals surface area contributed by atoms with Crippen LogP contribution in [0.15, 0.2) is 4.47 Å². The third-order valence-electron chi connectivity index (χ3n) is 4.20. The van der Waals surface area contributed by atoms with Gasteiger partial charge in [0.15, 0.2) is 0 Å². The van der Waals surface area contributed by atoms with E-state index in [2.05, 4.69) is 58.5 Å². The van der Waals surface area contributed by atoms with Gasteiger partial charge in [-0.2, -0.15) is 5.10 Å². The predicted octanol–water partition coefficient (Wildman–Crippen LogP) is 2.66. The van der Waals surface area contributed by atoms with Crippen LogP contribution in [0.5, 0.6) is 0 Å². The van der Waals surface area contributed by atoms with Crippen LogP contribution in [-0.2, 0) is 20.0 Å². The third kappa shape index (κ3) is 3.43. The van der Waals surface area contributed by atoms with E-state index < -0.39 is 0 Å². The highest BCUT2D eigenvalue weighted by Crippen LogP contribution is 2.24. The molecule has 0 aliphatic carbocycles. The van der Waals surface area contributed by atoms with Gasteiger partial charge in [0.1, 0.15) is 0 Å². The summed E-state index contributed by atoms with van der Waals surface area (Å²) in [7, 11) is 2.05. The first-order valence-corrected chi connectivity index (χ1v) is 8.30. The first kappa shape index (κ1) is 16.0. The van der Waals surface area contributed by atoms with Crippen molar-refractivity contribution in [2.24, 2.45) is 7.05 Å². The molecular formula is C15H27BrN4. The summed E-state index contributed by atoms with van der Waals surface area (Å²) >= 11 is 3.71. The molecule has 2 heterocycles. The third-order valence-corrected chi connectivity index (χ3v) is 5.11. The van der Waals surface area contributed by atoms with Crippen molar-refractivity contribution in [3.63, 3.8) is 0 Å². The number of rotatable bonds is 3. The van der Waals surface area contributed by atoms with E-state index >= 15 is 0 Å². The topological polar surface area (TPSA) is 24.3 Å². The predicted molar refractivity (Wildman–Crippen MR) is 86.9 cm³/mol. The SMILES string of the molecule is CCc1nn(C)c(CN2CCN(C(C)(C)C)CC2)c1Br. The molecule has 1 aliphatic heterocycles. The molecule has 1 aliphatic rings. The van der Waals surface area contributed by atoms with E-state index in [1.54, 1.807) is 0 Å². The molecule has 0 unspecified atom stereocenters. The second-order valence-electron chi connectivity index (χ2n) is 6.62. The van der Waals surface area contributed by atoms with Crippen LogP contribution >= 0.6 is 15.9 Å². The van der Waals surface area contributed by atoms with Crippen LogP contribution in [0.2, 0.25) is 0 Å². The van der Waals surface area contributed by atoms with E-state index in [4.69, 9.17) is 0 Å². The monoisotopic (exact) mass is 342 g/mol. The van der Waals surface area contributed by atoms with Gasteiger partial charge in [-0.3, -0.25) is 14.5 Å². The van der Waals surface area contributed by atoms with Crippen LogP contribution < -0.4 is 0 Å². The molecule has 1 aromatic rings. The Morgan fingerprint density at radius 3 is 2.20 bits per heavy atom. The molecule has 1 saturated heterocycles. The number of aromatic nitrogens is 2. The fraction of sp³-hybridized carbons (Fsp3) is 0.800. The van der Waals surface area contributed by atoms with Crippen LogP contribution in [0.4, 0.5) is 0 Å². The minimum absolute atomic E-state index is 0.286. The fourth-order valence-corrected chi connectivity index (χ4v) is 3.52. The van der Waals surface area contributed by atoms with Gasteiger partial charge in [-0.1, -0.05) is 6.92 Å². The molecule has 4 nitrogen and oxygen atoms in total. The number of nitrogens with zero attached hydrogens (tertiary/aromatic N) is 4. The van der Waals surface area contributed by atoms with Crippen LogP contribution in [0.25, 0.3) is 0 Å². The first-order chi connectivity index (χ1) is 9.32. The van der Waals surface area contributed by atoms with E-state index in [0.29, 0.717) is 0 Å². The number of aryl methyl sites for hydroxylation is 2. The van der Waals surface area contributed by atoms with Gasteiger partial charge in [-0.25, -0.2) is 0 Å². The van der Waals surface area contributed by atoms with E-state index in [1.807, 2.05) is 11.7 Å². The Labute approximate surface area is 131 Å². The highest BCUT2D eigenvalue weighted by molar-refractivity contribution is 9.10. The molecule has 0 saturated carbocycles. The zero-order chi connectivity index (χ0) is 14.9. The lowest BCUT2D eigenvalue weighted by molar-refractivity contribution is 0.0580. The number of piperazine rings is 1. The van der Waals surface area contributed by atoms with Crippen LogP contribution in [0, 0.1) is 0 Å². The lowest BCUT2D eigenvalue weighted by atomic mass is 10.0. The van der Waals surface area contributed by atoms with E-state index in [9.17, 15) is 0 Å². The van der Waals surface area contributed by atoms with Gasteiger partial charge < -0.3 is 0 Å². The smallest absolute Gasteiger partial charge is 0.0767 e. The van der Waals surface area contributed by atoms with E-state index in [0.717, 1.165) is 44.8 Å². The molecule has 0 spiro atoms. The molecule has 2 rings (SSSR count). The molecule has 0 bridgehead atoms. The lowest BCUT2D eigenvalue weighted by Gasteiger charge is -2.42. The molecule has 0 aromatic carbocycles. The molecule has 0 amide bonds. The van der Waals surface area contributed by atoms with E-state index in [-0.39, 0.29) is 5.54 Å². The molecule has 5 heteroatoms. The van der Waals surface area contributed by atoms with Gasteiger partial charge in [0.05, 0.1) is 15.9 Å². The van der Waals surface area contributed by atoms with Crippen molar-refractivity contribution in [1.82, 2.24) is 19.6 Å². The summed E-state index contributed by atoms with van der Waals surface area (Å²) in [6.45, 7) is 14.6. The Hall–Kier alpha value is -0.390. The second-order valence-corrected chi connectivity index (χ2v) is 7.41. The van der Waals surface area contributed by atoms with Gasteiger partial charge in [0, 0.05) is 45.3 Å². The lowest BCUT2D eigenvalue weighted by Crippen LogP contribution is -2.53. The summed E-state index contributed by atoms with van der Waals surface area (Å²) < 4.78 is 3.22. The average molecular weight is 343 g/mol. The summed E-state index contributed by atoms with van der Waals surface area (Å²) in [5.74, 6) is 0. The van der Waals surface area contributed by atoms with Crippen molar-refractivity contribution in [1.29, 1.82) is 0 Å². The molecule has 1 aromatic heterocycles. The highest BCUT2D eigenvalue weighted by Gasteiger charge is 2.26. The average Bonchev–Trinajstić information content (AvgIpc) is 2.66. The minimum Gasteiger partial charge on any atom is -0.296 e. The largest absolute Gasteiger partial charge is 0.296 e. The van der Waals surface area contributed by atoms with Crippen molar-refractivity contribution in [3.8, 4) is 0 Å². The molecular weight excluding hydrogens is 316 g/mol. The van der Waals surface area contributed by atoms with Gasteiger partial charge >= 0.3 is 0 Å². The number of hydrogen-bond donors (Lipinski definition) is 0. The van der Waals surface area contributed by atoms with Crippen LogP contribution in [0.3, 0.4) is 0 Å². The number of hydrogen-bond acceptors (Lipinski definition) is 3. The van der Waals surface area contributed by atoms with Crippen LogP contribution in [0.1, 0.15) is 39.1 Å².